The van der Waals surface area contributed by atoms with Crippen molar-refractivity contribution in [1.82, 2.24) is 14.3 Å². The number of hydrogen-bond acceptors (Lipinski definition) is 9. The molecule has 0 spiro atoms. The predicted molar refractivity (Wildman–Crippen MR) is 115 cm³/mol. The average Bonchev–Trinajstić information content (AvgIpc) is 3.11. The van der Waals surface area contributed by atoms with Gasteiger partial charge < -0.3 is 14.6 Å². The number of aromatic nitrogens is 2. The van der Waals surface area contributed by atoms with Crippen molar-refractivity contribution in [3.8, 4) is 6.01 Å². The second kappa shape index (κ2) is 8.46. The van der Waals surface area contributed by atoms with Crippen LogP contribution in [0.3, 0.4) is 0 Å². The molecule has 0 radical (unpaired) electrons. The molecule has 8 nitrogen and oxygen atoms in total. The van der Waals surface area contributed by atoms with Crippen LogP contribution in [0, 0.1) is 24.7 Å². The molecule has 0 amide bonds. The number of Topliss-reactive ketones (excluding diaryl/α,β-unsaturated/α-hetero) is 1. The van der Waals surface area contributed by atoms with Crippen molar-refractivity contribution in [3.05, 3.63) is 39.4 Å². The Kier molecular flexibility index (Phi) is 6.04. The maximum absolute atomic E-state index is 12.6. The van der Waals surface area contributed by atoms with Crippen LogP contribution >= 0.6 is 23.9 Å². The molecule has 3 atom stereocenters. The Bertz CT molecular complexity index is 1020. The number of ether oxygens (including phenoxy) is 2. The summed E-state index contributed by atoms with van der Waals surface area (Å²) in [6.45, 7) is 4.37. The number of esters is 1. The van der Waals surface area contributed by atoms with E-state index in [0.717, 1.165) is 29.8 Å². The van der Waals surface area contributed by atoms with E-state index in [2.05, 4.69) is 14.3 Å². The number of halogens is 1. The molecule has 1 saturated heterocycles. The maximum atomic E-state index is 12.6. The molecule has 0 bridgehead atoms. The van der Waals surface area contributed by atoms with E-state index in [9.17, 15) is 14.7 Å². The number of ketones is 1. The summed E-state index contributed by atoms with van der Waals surface area (Å²) in [5, 5.41) is 11.5. The number of hydrogen-bond donors (Lipinski definition) is 1. The Balaban J connectivity index is 0.00000231. The van der Waals surface area contributed by atoms with Crippen LogP contribution in [0.5, 0.6) is 6.01 Å². The van der Waals surface area contributed by atoms with E-state index in [0.29, 0.717) is 41.4 Å². The SMILES string of the molecule is COc1nsc(CC(=O)C2C3CN(C[C@H](O)c4ccc5c(c4C)COC5=O)CC32)n1.Cl. The van der Waals surface area contributed by atoms with Gasteiger partial charge in [-0.2, -0.15) is 4.98 Å². The summed E-state index contributed by atoms with van der Waals surface area (Å²) in [4.78, 5) is 30.7. The van der Waals surface area contributed by atoms with Gasteiger partial charge in [-0.15, -0.1) is 16.8 Å². The Morgan fingerprint density at radius 2 is 2.13 bits per heavy atom. The monoisotopic (exact) mass is 465 g/mol. The van der Waals surface area contributed by atoms with Gasteiger partial charge in [-0.1, -0.05) is 6.07 Å². The van der Waals surface area contributed by atoms with Gasteiger partial charge in [0, 0.05) is 31.1 Å². The Hall–Kier alpha value is -2.07. The van der Waals surface area contributed by atoms with E-state index >= 15 is 0 Å². The first kappa shape index (κ1) is 22.1. The van der Waals surface area contributed by atoms with Crippen molar-refractivity contribution in [3.63, 3.8) is 0 Å². The van der Waals surface area contributed by atoms with Gasteiger partial charge in [-0.25, -0.2) is 4.79 Å². The number of aliphatic hydroxyl groups is 1. The number of fused-ring (bicyclic) bond motifs is 2. The normalized spacial score (nSPS) is 24.7. The molecular weight excluding hydrogens is 442 g/mol. The molecule has 5 rings (SSSR count). The van der Waals surface area contributed by atoms with Gasteiger partial charge in [0.05, 0.1) is 25.2 Å². The van der Waals surface area contributed by atoms with Crippen LogP contribution in [0.4, 0.5) is 0 Å². The van der Waals surface area contributed by atoms with Gasteiger partial charge in [0.15, 0.2) is 0 Å². The van der Waals surface area contributed by atoms with E-state index in [-0.39, 0.29) is 36.7 Å². The molecule has 1 aromatic carbocycles. The highest BCUT2D eigenvalue weighted by atomic mass is 35.5. The lowest BCUT2D eigenvalue weighted by Gasteiger charge is -2.24. The highest BCUT2D eigenvalue weighted by Crippen LogP contribution is 2.52. The van der Waals surface area contributed by atoms with Crippen LogP contribution < -0.4 is 4.74 Å². The fraction of sp³-hybridized carbons (Fsp3) is 0.524. The number of carbonyl (C=O) groups excluding carboxylic acids is 2. The highest BCUT2D eigenvalue weighted by Gasteiger charge is 2.58. The van der Waals surface area contributed by atoms with Crippen molar-refractivity contribution < 1.29 is 24.2 Å². The molecule has 1 aromatic heterocycles. The van der Waals surface area contributed by atoms with Gasteiger partial charge in [-0.3, -0.25) is 9.69 Å². The fourth-order valence-corrected chi connectivity index (χ4v) is 5.60. The predicted octanol–water partition coefficient (Wildman–Crippen LogP) is 1.97. The number of nitrogens with zero attached hydrogens (tertiary/aromatic N) is 3. The molecule has 2 aliphatic heterocycles. The third-order valence-electron chi connectivity index (χ3n) is 6.60. The number of piperidine rings is 1. The minimum Gasteiger partial charge on any atom is -0.466 e. The number of carbonyl (C=O) groups is 2. The number of cyclic esters (lactones) is 1. The molecule has 3 aliphatic rings. The van der Waals surface area contributed by atoms with E-state index in [1.54, 1.807) is 6.07 Å². The summed E-state index contributed by atoms with van der Waals surface area (Å²) < 4.78 is 14.1. The average molecular weight is 466 g/mol. The molecule has 2 fully saturated rings. The standard InChI is InChI=1S/C21H23N3O5S.ClH/c1-10-11(3-4-12-15(10)9-29-20(12)27)17(26)8-24-6-13-14(7-24)19(13)16(25)5-18-22-21(28-2)23-30-18;/h3-4,13-14,17,19,26H,5-9H2,1-2H3;1H/t13?,14?,17-,19?;/m0./s1. The Morgan fingerprint density at radius 1 is 1.39 bits per heavy atom. The molecule has 166 valence electrons. The van der Waals surface area contributed by atoms with Crippen molar-refractivity contribution in [2.75, 3.05) is 26.7 Å². The van der Waals surface area contributed by atoms with E-state index < -0.39 is 6.10 Å². The number of rotatable bonds is 7. The second-order valence-corrected chi connectivity index (χ2v) is 9.12. The lowest BCUT2D eigenvalue weighted by Crippen LogP contribution is -2.31. The zero-order valence-corrected chi connectivity index (χ0v) is 18.9. The summed E-state index contributed by atoms with van der Waals surface area (Å²) in [7, 11) is 1.51. The number of aliphatic hydroxyl groups excluding tert-OH is 1. The van der Waals surface area contributed by atoms with Crippen LogP contribution in [-0.2, 0) is 22.6 Å². The van der Waals surface area contributed by atoms with E-state index in [1.165, 1.54) is 18.6 Å². The van der Waals surface area contributed by atoms with Gasteiger partial charge in [0.1, 0.15) is 17.4 Å². The van der Waals surface area contributed by atoms with Crippen LogP contribution in [0.25, 0.3) is 0 Å². The third kappa shape index (κ3) is 3.95. The zero-order valence-electron chi connectivity index (χ0n) is 17.2. The first-order valence-corrected chi connectivity index (χ1v) is 10.8. The van der Waals surface area contributed by atoms with Gasteiger partial charge in [0.2, 0.25) is 0 Å². The first-order valence-electron chi connectivity index (χ1n) is 10.1. The van der Waals surface area contributed by atoms with Crippen LogP contribution in [-0.4, -0.2) is 57.9 Å². The van der Waals surface area contributed by atoms with Crippen LogP contribution in [0.15, 0.2) is 12.1 Å². The number of β-amino-alcohol motifs (C(OH)–C–C–N with tert-alkyl or cyclic N) is 1. The van der Waals surface area contributed by atoms with Gasteiger partial charge in [-0.05, 0) is 47.5 Å². The molecule has 1 saturated carbocycles. The summed E-state index contributed by atoms with van der Waals surface area (Å²) in [5.74, 6) is 0.760. The summed E-state index contributed by atoms with van der Waals surface area (Å²) in [6, 6.07) is 3.89. The summed E-state index contributed by atoms with van der Waals surface area (Å²) >= 11 is 1.21. The Morgan fingerprint density at radius 3 is 2.81 bits per heavy atom. The third-order valence-corrected chi connectivity index (χ3v) is 7.29. The maximum Gasteiger partial charge on any atom is 0.338 e. The molecule has 1 N–H and O–H groups in total. The van der Waals surface area contributed by atoms with E-state index in [1.807, 2.05) is 13.0 Å². The molecule has 2 unspecified atom stereocenters. The number of benzene rings is 1. The minimum absolute atomic E-state index is 0. The smallest absolute Gasteiger partial charge is 0.338 e. The summed E-state index contributed by atoms with van der Waals surface area (Å²) in [6.07, 6.45) is -0.317. The lowest BCUT2D eigenvalue weighted by molar-refractivity contribution is -0.120. The Labute approximate surface area is 190 Å². The minimum atomic E-state index is -0.633. The van der Waals surface area contributed by atoms with E-state index in [4.69, 9.17) is 9.47 Å². The molecule has 3 heterocycles. The first-order chi connectivity index (χ1) is 14.5. The largest absolute Gasteiger partial charge is 0.466 e. The lowest BCUT2D eigenvalue weighted by atomic mass is 9.95. The van der Waals surface area contributed by atoms with Crippen LogP contribution in [0.1, 0.15) is 38.2 Å². The van der Waals surface area contributed by atoms with Gasteiger partial charge >= 0.3 is 12.0 Å². The topological polar surface area (TPSA) is 102 Å². The van der Waals surface area contributed by atoms with Crippen molar-refractivity contribution >= 4 is 35.7 Å². The number of methoxy groups -OCH3 is 1. The van der Waals surface area contributed by atoms with Gasteiger partial charge in [0.25, 0.3) is 0 Å². The van der Waals surface area contributed by atoms with Crippen molar-refractivity contribution in [2.45, 2.75) is 26.1 Å². The van der Waals surface area contributed by atoms with Crippen LogP contribution in [0.2, 0.25) is 0 Å². The molecule has 10 heteroatoms. The highest BCUT2D eigenvalue weighted by molar-refractivity contribution is 7.05. The molecule has 31 heavy (non-hydrogen) atoms. The fourth-order valence-electron chi connectivity index (χ4n) is 4.97. The summed E-state index contributed by atoms with van der Waals surface area (Å²) in [5.41, 5.74) is 3.24. The van der Waals surface area contributed by atoms with Crippen molar-refractivity contribution in [1.29, 1.82) is 0 Å². The molecule has 2 aromatic rings. The molecule has 1 aliphatic carbocycles. The second-order valence-electron chi connectivity index (χ2n) is 8.29. The zero-order chi connectivity index (χ0) is 21.0. The number of likely N-dealkylation sites (tertiary alicyclic amines) is 1. The van der Waals surface area contributed by atoms with Crippen molar-refractivity contribution in [2.24, 2.45) is 17.8 Å². The molecular formula is C21H24ClN3O5S. The quantitative estimate of drug-likeness (QED) is 0.619.